The number of nitrogens with two attached hydrogens (primary N) is 1. The minimum atomic E-state index is -0.551. The van der Waals surface area contributed by atoms with Crippen molar-refractivity contribution in [3.05, 3.63) is 40.5 Å². The van der Waals surface area contributed by atoms with Crippen LogP contribution in [0.2, 0.25) is 0 Å². The van der Waals surface area contributed by atoms with Crippen LogP contribution in [0.5, 0.6) is 0 Å². The lowest BCUT2D eigenvalue weighted by Crippen LogP contribution is -2.59. The average Bonchev–Trinajstić information content (AvgIpc) is 2.86. The maximum atomic E-state index is 12.6. The molecule has 6 nitrogen and oxygen atoms in total. The predicted octanol–water partition coefficient (Wildman–Crippen LogP) is 2.51. The molecule has 1 saturated heterocycles. The molecule has 2 aliphatic heterocycles. The summed E-state index contributed by atoms with van der Waals surface area (Å²) < 4.78 is 0. The number of aryl methyl sites for hydroxylation is 1. The minimum absolute atomic E-state index is 0.134. The second kappa shape index (κ2) is 7.08. The van der Waals surface area contributed by atoms with Gasteiger partial charge in [0.25, 0.3) is 0 Å². The fraction of sp³-hybridized carbons (Fsp3) is 0.500. The number of benzene rings is 1. The van der Waals surface area contributed by atoms with Crippen LogP contribution in [0.1, 0.15) is 31.9 Å². The lowest BCUT2D eigenvalue weighted by atomic mass is 9.88. The summed E-state index contributed by atoms with van der Waals surface area (Å²) in [5.74, 6) is -0.972. The maximum absolute atomic E-state index is 12.6. The number of rotatable bonds is 2. The third-order valence-electron chi connectivity index (χ3n) is 4.99. The highest BCUT2D eigenvalue weighted by Gasteiger charge is 2.47. The van der Waals surface area contributed by atoms with Crippen molar-refractivity contribution in [1.82, 2.24) is 15.1 Å². The molecule has 2 aliphatic rings. The number of hydrogen-bond donors (Lipinski definition) is 2. The minimum Gasteiger partial charge on any atom is -0.369 e. The zero-order chi connectivity index (χ0) is 19.9. The number of carbonyl (C=O) groups excluding carboxylic acids is 2. The molecule has 2 heterocycles. The van der Waals surface area contributed by atoms with Gasteiger partial charge in [-0.1, -0.05) is 41.4 Å². The van der Waals surface area contributed by atoms with E-state index in [2.05, 4.69) is 5.32 Å². The highest BCUT2D eigenvalue weighted by Crippen LogP contribution is 2.43. The van der Waals surface area contributed by atoms with Crippen LogP contribution >= 0.6 is 11.6 Å². The quantitative estimate of drug-likeness (QED) is 0.761. The van der Waals surface area contributed by atoms with Crippen LogP contribution < -0.4 is 11.1 Å². The van der Waals surface area contributed by atoms with E-state index in [9.17, 15) is 9.59 Å². The van der Waals surface area contributed by atoms with Gasteiger partial charge < -0.3 is 20.9 Å². The van der Waals surface area contributed by atoms with Crippen LogP contribution in [0.25, 0.3) is 5.57 Å². The Kier molecular flexibility index (Phi) is 5.12. The van der Waals surface area contributed by atoms with Gasteiger partial charge in [0.1, 0.15) is 5.16 Å². The first-order chi connectivity index (χ1) is 12.6. The third kappa shape index (κ3) is 3.90. The predicted molar refractivity (Wildman–Crippen MR) is 107 cm³/mol. The highest BCUT2D eigenvalue weighted by molar-refractivity contribution is 6.33. The van der Waals surface area contributed by atoms with E-state index in [0.29, 0.717) is 24.8 Å². The van der Waals surface area contributed by atoms with Crippen molar-refractivity contribution in [2.24, 2.45) is 11.7 Å². The molecule has 0 saturated carbocycles. The van der Waals surface area contributed by atoms with E-state index in [-0.39, 0.29) is 17.6 Å². The third-order valence-corrected chi connectivity index (χ3v) is 5.41. The van der Waals surface area contributed by atoms with Crippen molar-refractivity contribution >= 4 is 29.1 Å². The Morgan fingerprint density at radius 1 is 1.26 bits per heavy atom. The molecule has 1 aromatic carbocycles. The number of urea groups is 1. The first-order valence-corrected chi connectivity index (χ1v) is 9.56. The average molecular weight is 391 g/mol. The summed E-state index contributed by atoms with van der Waals surface area (Å²) in [6, 6.07) is 7.52. The lowest BCUT2D eigenvalue weighted by Gasteiger charge is -2.41. The smallest absolute Gasteiger partial charge is 0.317 e. The topological polar surface area (TPSA) is 78.7 Å². The van der Waals surface area contributed by atoms with E-state index in [0.717, 1.165) is 16.7 Å². The molecule has 3 N–H and O–H groups in total. The second-order valence-electron chi connectivity index (χ2n) is 8.34. The Balaban J connectivity index is 1.90. The highest BCUT2D eigenvalue weighted by atomic mass is 35.5. The number of nitrogens with one attached hydrogen (secondary N) is 1. The maximum Gasteiger partial charge on any atom is 0.317 e. The number of piperazine rings is 1. The summed E-state index contributed by atoms with van der Waals surface area (Å²) in [5.41, 5.74) is 8.21. The molecule has 146 valence electrons. The second-order valence-corrected chi connectivity index (χ2v) is 8.70. The number of carbonyl (C=O) groups is 2. The number of amides is 3. The molecule has 0 aromatic heterocycles. The molecule has 7 heteroatoms. The van der Waals surface area contributed by atoms with Gasteiger partial charge in [-0.25, -0.2) is 4.79 Å². The Bertz CT molecular complexity index is 799. The van der Waals surface area contributed by atoms with Crippen molar-refractivity contribution in [3.8, 4) is 0 Å². The normalized spacial score (nSPS) is 22.7. The first-order valence-electron chi connectivity index (χ1n) is 9.18. The molecule has 0 aliphatic carbocycles. The molecule has 3 rings (SSSR count). The molecule has 27 heavy (non-hydrogen) atoms. The van der Waals surface area contributed by atoms with E-state index < -0.39 is 11.8 Å². The van der Waals surface area contributed by atoms with Crippen LogP contribution in [-0.4, -0.2) is 53.0 Å². The van der Waals surface area contributed by atoms with Crippen LogP contribution in [0.4, 0.5) is 4.79 Å². The molecule has 0 radical (unpaired) electrons. The summed E-state index contributed by atoms with van der Waals surface area (Å²) >= 11 is 6.69. The monoisotopic (exact) mass is 390 g/mol. The van der Waals surface area contributed by atoms with Crippen molar-refractivity contribution in [2.45, 2.75) is 39.3 Å². The Labute approximate surface area is 165 Å². The van der Waals surface area contributed by atoms with Gasteiger partial charge in [-0.05, 0) is 33.3 Å². The van der Waals surface area contributed by atoms with Gasteiger partial charge in [0.2, 0.25) is 5.91 Å². The molecule has 2 unspecified atom stereocenters. The Morgan fingerprint density at radius 2 is 1.96 bits per heavy atom. The van der Waals surface area contributed by atoms with E-state index >= 15 is 0 Å². The van der Waals surface area contributed by atoms with Gasteiger partial charge in [0, 0.05) is 30.7 Å². The molecule has 2 atom stereocenters. The number of nitrogens with zero attached hydrogens (tertiary/aromatic N) is 2. The summed E-state index contributed by atoms with van der Waals surface area (Å²) in [6.45, 7) is 9.34. The van der Waals surface area contributed by atoms with Gasteiger partial charge in [-0.15, -0.1) is 0 Å². The van der Waals surface area contributed by atoms with Crippen LogP contribution in [0, 0.1) is 12.8 Å². The number of hydrogen-bond acceptors (Lipinski definition) is 3. The van der Waals surface area contributed by atoms with Gasteiger partial charge >= 0.3 is 6.03 Å². The van der Waals surface area contributed by atoms with Gasteiger partial charge in [0.15, 0.2) is 0 Å². The summed E-state index contributed by atoms with van der Waals surface area (Å²) in [7, 11) is 0. The zero-order valence-corrected chi connectivity index (χ0v) is 17.0. The molecule has 1 fully saturated rings. The molecule has 0 spiro atoms. The largest absolute Gasteiger partial charge is 0.369 e. The molecule has 1 aromatic rings. The number of halogens is 1. The van der Waals surface area contributed by atoms with Gasteiger partial charge in [-0.3, -0.25) is 4.79 Å². The van der Waals surface area contributed by atoms with E-state index in [1.54, 1.807) is 4.90 Å². The van der Waals surface area contributed by atoms with Crippen molar-refractivity contribution in [3.63, 3.8) is 0 Å². The van der Waals surface area contributed by atoms with Crippen LogP contribution in [0.15, 0.2) is 29.4 Å². The molecular formula is C20H27ClN4O2. The number of fused-ring (bicyclic) bond motifs is 1. The van der Waals surface area contributed by atoms with Crippen molar-refractivity contribution in [2.75, 3.05) is 19.6 Å². The van der Waals surface area contributed by atoms with E-state index in [1.807, 2.05) is 56.9 Å². The van der Waals surface area contributed by atoms with Crippen molar-refractivity contribution in [1.29, 1.82) is 0 Å². The molecular weight excluding hydrogens is 364 g/mol. The first kappa shape index (κ1) is 19.5. The van der Waals surface area contributed by atoms with Gasteiger partial charge in [-0.2, -0.15) is 0 Å². The van der Waals surface area contributed by atoms with Gasteiger partial charge in [0.05, 0.1) is 12.0 Å². The SMILES string of the molecule is Cc1cccc(C2=C(Cl)N3CCN(C(=O)NC(C)(C)C)CC3C2C(N)=O)c1. The van der Waals surface area contributed by atoms with E-state index in [4.69, 9.17) is 17.3 Å². The number of primary amides is 1. The lowest BCUT2D eigenvalue weighted by molar-refractivity contribution is -0.121. The zero-order valence-electron chi connectivity index (χ0n) is 16.3. The van der Waals surface area contributed by atoms with Crippen LogP contribution in [0.3, 0.4) is 0 Å². The van der Waals surface area contributed by atoms with Crippen LogP contribution in [-0.2, 0) is 4.79 Å². The summed E-state index contributed by atoms with van der Waals surface area (Å²) in [4.78, 5) is 28.7. The molecule has 0 bridgehead atoms. The summed E-state index contributed by atoms with van der Waals surface area (Å²) in [6.07, 6.45) is 0. The summed E-state index contributed by atoms with van der Waals surface area (Å²) in [5, 5.41) is 3.54. The van der Waals surface area contributed by atoms with E-state index in [1.165, 1.54) is 0 Å². The standard InChI is InChI=1S/C20H27ClN4O2/c1-12-6-5-7-13(10-12)15-16(18(22)26)14-11-24(8-9-25(14)17(15)21)19(27)23-20(2,3)4/h5-7,10,14,16H,8-9,11H2,1-4H3,(H2,22,26)(H,23,27). The molecule has 3 amide bonds. The Hall–Kier alpha value is -2.21. The Morgan fingerprint density at radius 3 is 2.56 bits per heavy atom. The fourth-order valence-corrected chi connectivity index (χ4v) is 4.28. The van der Waals surface area contributed by atoms with Crippen molar-refractivity contribution < 1.29 is 9.59 Å². The fourth-order valence-electron chi connectivity index (χ4n) is 3.84.